The molecular formula is C53H81N7O9S. The molecule has 7 atom stereocenters. The summed E-state index contributed by atoms with van der Waals surface area (Å²) in [5.74, 6) is -0.432. The summed E-state index contributed by atoms with van der Waals surface area (Å²) in [5.41, 5.74) is 0.160. The molecule has 1 aromatic heterocycles. The van der Waals surface area contributed by atoms with E-state index in [1.807, 2.05) is 58.4 Å². The van der Waals surface area contributed by atoms with Gasteiger partial charge in [-0.15, -0.1) is 23.7 Å². The fourth-order valence-corrected chi connectivity index (χ4v) is 9.64. The molecular weight excluding hydrogens is 911 g/mol. The van der Waals surface area contributed by atoms with Gasteiger partial charge in [-0.2, -0.15) is 0 Å². The third-order valence-corrected chi connectivity index (χ3v) is 14.0. The van der Waals surface area contributed by atoms with E-state index < -0.39 is 53.5 Å². The molecule has 0 unspecified atom stereocenters. The molecule has 1 saturated heterocycles. The standard InChI is InChI=1S/C53H81N7O9S/c1-13-15-16-18-28-60(51(66)46(35(7)14-2)58-49(65)43-20-17-19-27-59(43)12)44(33(3)4)30-45(69-37(9)62)50-57-42(32-70-50)48(64)56-40(31-53(10,11)52(67)68)29-38-22-24-39(25-23-38)55-47(63)41(54-34(5)6)26-21-36(8)61/h1,22-25,32-35,40-41,43-46,54H,14-21,26-31H2,2-12H3,(H,55,63)(H,56,64)(H,58,65)(H,67,68)/t35-,40-,41-,43+,44+,45+,46-/m0/s1. The maximum atomic E-state index is 14.9. The second kappa shape index (κ2) is 28.6. The maximum Gasteiger partial charge on any atom is 0.309 e. The van der Waals surface area contributed by atoms with Crippen LogP contribution in [0.5, 0.6) is 0 Å². The van der Waals surface area contributed by atoms with Gasteiger partial charge in [0.05, 0.1) is 17.5 Å². The van der Waals surface area contributed by atoms with E-state index >= 15 is 0 Å². The largest absolute Gasteiger partial charge is 0.481 e. The molecule has 4 amide bonds. The van der Waals surface area contributed by atoms with Crippen LogP contribution in [0, 0.1) is 29.6 Å². The van der Waals surface area contributed by atoms with Crippen molar-refractivity contribution in [3.63, 3.8) is 0 Å². The number of aromatic nitrogens is 1. The smallest absolute Gasteiger partial charge is 0.309 e. The molecule has 1 aromatic carbocycles. The van der Waals surface area contributed by atoms with E-state index in [0.29, 0.717) is 55.8 Å². The predicted octanol–water partition coefficient (Wildman–Crippen LogP) is 7.33. The Morgan fingerprint density at radius 3 is 2.27 bits per heavy atom. The van der Waals surface area contributed by atoms with E-state index in [2.05, 4.69) is 32.2 Å². The van der Waals surface area contributed by atoms with Gasteiger partial charge in [0.25, 0.3) is 5.91 Å². The average molecular weight is 992 g/mol. The molecule has 1 aliphatic rings. The number of aliphatic carboxylic acids is 1. The number of thiazole rings is 1. The number of esters is 1. The van der Waals surface area contributed by atoms with Gasteiger partial charge in [-0.05, 0) is 109 Å². The van der Waals surface area contributed by atoms with Gasteiger partial charge >= 0.3 is 11.9 Å². The molecule has 0 saturated carbocycles. The van der Waals surface area contributed by atoms with Crippen molar-refractivity contribution < 1.29 is 43.4 Å². The number of carbonyl (C=O) groups is 7. The van der Waals surface area contributed by atoms with E-state index in [0.717, 1.165) is 36.3 Å². The number of carbonyl (C=O) groups excluding carboxylic acids is 6. The number of terminal acetylenes is 1. The fraction of sp³-hybridized carbons (Fsp3) is 0.660. The lowest BCUT2D eigenvalue weighted by molar-refractivity contribution is -0.150. The van der Waals surface area contributed by atoms with Crippen LogP contribution >= 0.6 is 11.3 Å². The van der Waals surface area contributed by atoms with Crippen molar-refractivity contribution in [2.24, 2.45) is 17.3 Å². The monoisotopic (exact) mass is 992 g/mol. The molecule has 0 aliphatic carbocycles. The number of piperidine rings is 1. The topological polar surface area (TPSA) is 216 Å². The summed E-state index contributed by atoms with van der Waals surface area (Å²) in [7, 11) is 1.94. The van der Waals surface area contributed by atoms with E-state index in [1.165, 1.54) is 13.8 Å². The van der Waals surface area contributed by atoms with Crippen molar-refractivity contribution >= 4 is 58.4 Å². The summed E-state index contributed by atoms with van der Waals surface area (Å²) in [5, 5.41) is 24.3. The molecule has 5 N–H and O–H groups in total. The molecule has 3 rings (SSSR count). The van der Waals surface area contributed by atoms with E-state index in [4.69, 9.17) is 11.2 Å². The summed E-state index contributed by atoms with van der Waals surface area (Å²) >= 11 is 1.14. The molecule has 0 radical (unpaired) electrons. The Labute approximate surface area is 420 Å². The molecule has 0 spiro atoms. The Balaban J connectivity index is 1.91. The minimum atomic E-state index is -1.21. The first-order valence-corrected chi connectivity index (χ1v) is 25.9. The number of likely N-dealkylation sites (tertiary alicyclic amines) is 1. The van der Waals surface area contributed by atoms with Gasteiger partial charge in [-0.3, -0.25) is 33.7 Å². The number of nitrogens with zero attached hydrogens (tertiary/aromatic N) is 3. The molecule has 16 nitrogen and oxygen atoms in total. The van der Waals surface area contributed by atoms with Crippen LogP contribution in [0.3, 0.4) is 0 Å². The number of anilines is 1. The van der Waals surface area contributed by atoms with Gasteiger partial charge in [-0.25, -0.2) is 4.98 Å². The quantitative estimate of drug-likeness (QED) is 0.0308. The molecule has 0 bridgehead atoms. The third-order valence-electron chi connectivity index (χ3n) is 13.1. The second-order valence-electron chi connectivity index (χ2n) is 20.3. The summed E-state index contributed by atoms with van der Waals surface area (Å²) in [6.45, 7) is 18.9. The summed E-state index contributed by atoms with van der Waals surface area (Å²) < 4.78 is 5.93. The highest BCUT2D eigenvalue weighted by Gasteiger charge is 2.39. The van der Waals surface area contributed by atoms with Crippen molar-refractivity contribution in [2.45, 2.75) is 189 Å². The number of unbranched alkanes of at least 4 members (excludes halogenated alkanes) is 2. The summed E-state index contributed by atoms with van der Waals surface area (Å²) in [6.07, 6.45) is 10.9. The number of carboxylic acids is 1. The van der Waals surface area contributed by atoms with Crippen molar-refractivity contribution in [3.05, 3.63) is 45.9 Å². The Morgan fingerprint density at radius 2 is 1.70 bits per heavy atom. The van der Waals surface area contributed by atoms with Crippen LogP contribution in [0.2, 0.25) is 0 Å². The maximum absolute atomic E-state index is 14.9. The lowest BCUT2D eigenvalue weighted by Crippen LogP contribution is -2.59. The van der Waals surface area contributed by atoms with Gasteiger partial charge in [0, 0.05) is 61.9 Å². The highest BCUT2D eigenvalue weighted by molar-refractivity contribution is 7.09. The van der Waals surface area contributed by atoms with Gasteiger partial charge in [0.2, 0.25) is 17.7 Å². The number of hydrogen-bond donors (Lipinski definition) is 5. The van der Waals surface area contributed by atoms with Crippen LogP contribution < -0.4 is 21.3 Å². The van der Waals surface area contributed by atoms with Gasteiger partial charge < -0.3 is 40.8 Å². The average Bonchev–Trinajstić information content (AvgIpc) is 3.79. The van der Waals surface area contributed by atoms with Crippen LogP contribution in [0.15, 0.2) is 29.6 Å². The van der Waals surface area contributed by atoms with Crippen LogP contribution in [-0.4, -0.2) is 118 Å². The zero-order valence-electron chi connectivity index (χ0n) is 43.5. The Kier molecular flexibility index (Phi) is 24.2. The number of hydrogen-bond acceptors (Lipinski definition) is 12. The first kappa shape index (κ1) is 59.1. The highest BCUT2D eigenvalue weighted by atomic mass is 32.1. The number of likely N-dealkylation sites (N-methyl/N-ethyl adjacent to an activating group) is 1. The van der Waals surface area contributed by atoms with Crippen molar-refractivity contribution in [1.82, 2.24) is 30.7 Å². The number of carboxylic acid groups (broad SMARTS) is 1. The second-order valence-corrected chi connectivity index (χ2v) is 21.2. The number of Topliss-reactive ketones (excluding diaryl/α,β-unsaturated/α-hetero) is 1. The number of ether oxygens (including phenoxy) is 1. The van der Waals surface area contributed by atoms with Gasteiger partial charge in [0.15, 0.2) is 6.10 Å². The molecule has 17 heteroatoms. The summed E-state index contributed by atoms with van der Waals surface area (Å²) in [4.78, 5) is 101. The molecule has 2 heterocycles. The van der Waals surface area contributed by atoms with Gasteiger partial charge in [0.1, 0.15) is 22.5 Å². The van der Waals surface area contributed by atoms with Gasteiger partial charge in [-0.1, -0.05) is 66.5 Å². The fourth-order valence-electron chi connectivity index (χ4n) is 8.80. The number of amides is 4. The van der Waals surface area contributed by atoms with E-state index in [1.54, 1.807) is 43.5 Å². The Morgan fingerprint density at radius 1 is 1.01 bits per heavy atom. The zero-order valence-corrected chi connectivity index (χ0v) is 44.3. The van der Waals surface area contributed by atoms with Crippen LogP contribution in [0.25, 0.3) is 0 Å². The first-order chi connectivity index (χ1) is 33.0. The minimum absolute atomic E-state index is 0.00495. The number of ketones is 1. The lowest BCUT2D eigenvalue weighted by atomic mass is 9.84. The highest BCUT2D eigenvalue weighted by Crippen LogP contribution is 2.33. The SMILES string of the molecule is C#CCCCCN(C(=O)[C@@H](NC(=O)[C@H]1CCCCN1C)[C@@H](C)CC)[C@H](C[C@@H](OC(C)=O)c1nc(C(=O)N[C@@H](Cc2ccc(NC(=O)[C@H](CCC(C)=O)NC(C)C)cc2)CC(C)(C)C(=O)O)cs1)C(C)C. The lowest BCUT2D eigenvalue weighted by Gasteiger charge is -2.40. The van der Waals surface area contributed by atoms with Crippen LogP contribution in [-0.2, 0) is 39.9 Å². The van der Waals surface area contributed by atoms with Crippen molar-refractivity contribution in [1.29, 1.82) is 0 Å². The summed E-state index contributed by atoms with van der Waals surface area (Å²) in [6, 6.07) is 4.28. The minimum Gasteiger partial charge on any atom is -0.481 e. The zero-order chi connectivity index (χ0) is 52.3. The number of benzene rings is 1. The Bertz CT molecular complexity index is 2100. The van der Waals surface area contributed by atoms with Crippen LogP contribution in [0.4, 0.5) is 5.69 Å². The molecule has 2 aromatic rings. The molecule has 70 heavy (non-hydrogen) atoms. The van der Waals surface area contributed by atoms with Crippen LogP contribution in [0.1, 0.15) is 167 Å². The normalized spacial score (nSPS) is 16.8. The van der Waals surface area contributed by atoms with Crippen molar-refractivity contribution in [3.8, 4) is 12.3 Å². The molecule has 388 valence electrons. The van der Waals surface area contributed by atoms with E-state index in [-0.39, 0.29) is 78.8 Å². The molecule has 1 fully saturated rings. The number of rotatable bonds is 29. The predicted molar refractivity (Wildman–Crippen MR) is 274 cm³/mol. The Hall–Kier alpha value is -5.18. The van der Waals surface area contributed by atoms with E-state index in [9.17, 15) is 38.7 Å². The first-order valence-electron chi connectivity index (χ1n) is 25.0. The molecule has 1 aliphatic heterocycles. The number of nitrogens with one attached hydrogen (secondary N) is 4. The third kappa shape index (κ3) is 18.9. The van der Waals surface area contributed by atoms with Crippen molar-refractivity contribution in [2.75, 3.05) is 25.5 Å².